The van der Waals surface area contributed by atoms with E-state index in [-0.39, 0.29) is 29.5 Å². The Kier molecular flexibility index (Phi) is 7.29. The van der Waals surface area contributed by atoms with Gasteiger partial charge in [0.25, 0.3) is 0 Å². The Labute approximate surface area is 182 Å². The quantitative estimate of drug-likeness (QED) is 0.656. The Morgan fingerprint density at radius 2 is 1.84 bits per heavy atom. The van der Waals surface area contributed by atoms with Crippen LogP contribution in [0.5, 0.6) is 5.75 Å². The third-order valence-corrected chi connectivity index (χ3v) is 7.01. The highest BCUT2D eigenvalue weighted by atomic mass is 32.2. The third-order valence-electron chi connectivity index (χ3n) is 5.13. The molecule has 2 aromatic carbocycles. The van der Waals surface area contributed by atoms with E-state index in [1.54, 1.807) is 43.3 Å². The second-order valence-electron chi connectivity index (χ2n) is 7.13. The van der Waals surface area contributed by atoms with Gasteiger partial charge in [-0.15, -0.1) is 0 Å². The molecule has 0 aliphatic carbocycles. The van der Waals surface area contributed by atoms with Crippen molar-refractivity contribution in [1.29, 1.82) is 0 Å². The van der Waals surface area contributed by atoms with Gasteiger partial charge >= 0.3 is 5.97 Å². The van der Waals surface area contributed by atoms with E-state index in [1.807, 2.05) is 0 Å². The average Bonchev–Trinajstić information content (AvgIpc) is 2.79. The first-order chi connectivity index (χ1) is 14.9. The number of carbonyl (C=O) groups is 2. The molecule has 1 saturated heterocycles. The smallest absolute Gasteiger partial charge is 0.340 e. The zero-order valence-electron chi connectivity index (χ0n) is 17.5. The molecule has 0 radical (unpaired) electrons. The Morgan fingerprint density at radius 1 is 1.13 bits per heavy atom. The van der Waals surface area contributed by atoms with Crippen molar-refractivity contribution in [3.05, 3.63) is 54.1 Å². The number of hydrogen-bond donors (Lipinski definition) is 1. The van der Waals surface area contributed by atoms with Crippen molar-refractivity contribution in [2.45, 2.75) is 24.7 Å². The van der Waals surface area contributed by atoms with E-state index in [2.05, 4.69) is 5.32 Å². The molecule has 0 saturated carbocycles. The number of nitrogens with one attached hydrogen (secondary N) is 1. The molecular weight excluding hydrogens is 420 g/mol. The minimum atomic E-state index is -3.73. The molecule has 0 bridgehead atoms. The first-order valence-corrected chi connectivity index (χ1v) is 11.5. The van der Waals surface area contributed by atoms with E-state index in [0.29, 0.717) is 30.8 Å². The van der Waals surface area contributed by atoms with Crippen molar-refractivity contribution in [2.24, 2.45) is 5.92 Å². The number of sulfonamides is 1. The minimum Gasteiger partial charge on any atom is -0.497 e. The van der Waals surface area contributed by atoms with Crippen molar-refractivity contribution >= 4 is 27.6 Å². The lowest BCUT2D eigenvalue weighted by Crippen LogP contribution is -2.43. The molecule has 9 heteroatoms. The van der Waals surface area contributed by atoms with Gasteiger partial charge in [0.05, 0.1) is 35.8 Å². The second kappa shape index (κ2) is 9.93. The molecule has 0 aromatic heterocycles. The zero-order chi connectivity index (χ0) is 22.4. The van der Waals surface area contributed by atoms with Gasteiger partial charge in [0.2, 0.25) is 15.9 Å². The molecule has 1 amide bonds. The van der Waals surface area contributed by atoms with Crippen molar-refractivity contribution < 1.29 is 27.5 Å². The van der Waals surface area contributed by atoms with Crippen LogP contribution in [0.25, 0.3) is 0 Å². The van der Waals surface area contributed by atoms with Gasteiger partial charge in [0.1, 0.15) is 5.75 Å². The molecule has 166 valence electrons. The Hall–Kier alpha value is -2.91. The van der Waals surface area contributed by atoms with Crippen LogP contribution in [0, 0.1) is 5.92 Å². The van der Waals surface area contributed by atoms with E-state index in [1.165, 1.54) is 23.5 Å². The van der Waals surface area contributed by atoms with Gasteiger partial charge in [-0.3, -0.25) is 4.79 Å². The predicted molar refractivity (Wildman–Crippen MR) is 116 cm³/mol. The summed E-state index contributed by atoms with van der Waals surface area (Å²) >= 11 is 0. The van der Waals surface area contributed by atoms with Crippen LogP contribution in [-0.4, -0.2) is 51.4 Å². The summed E-state index contributed by atoms with van der Waals surface area (Å²) in [6.45, 7) is 2.35. The van der Waals surface area contributed by atoms with Gasteiger partial charge in [0, 0.05) is 13.1 Å². The number of hydrogen-bond acceptors (Lipinski definition) is 6. The number of para-hydroxylation sites is 1. The second-order valence-corrected chi connectivity index (χ2v) is 9.07. The maximum atomic E-state index is 13.0. The number of benzene rings is 2. The molecule has 0 unspecified atom stereocenters. The predicted octanol–water partition coefficient (Wildman–Crippen LogP) is 2.91. The van der Waals surface area contributed by atoms with Crippen molar-refractivity contribution in [3.8, 4) is 5.75 Å². The average molecular weight is 447 g/mol. The standard InChI is InChI=1S/C22H26N2O6S/c1-3-30-22(26)19-8-4-5-9-20(19)23-21(25)16-7-6-14-24(15-16)31(27,28)18-12-10-17(29-2)11-13-18/h4-5,8-13,16H,3,6-7,14-15H2,1-2H3,(H,23,25)/t16-/m0/s1. The van der Waals surface area contributed by atoms with Crippen LogP contribution in [0.1, 0.15) is 30.1 Å². The summed E-state index contributed by atoms with van der Waals surface area (Å²) in [5.41, 5.74) is 0.609. The van der Waals surface area contributed by atoms with Crippen LogP contribution in [0.2, 0.25) is 0 Å². The highest BCUT2D eigenvalue weighted by Crippen LogP contribution is 2.26. The number of ether oxygens (including phenoxy) is 2. The van der Waals surface area contributed by atoms with Gasteiger partial charge in [-0.25, -0.2) is 13.2 Å². The molecule has 1 fully saturated rings. The molecule has 31 heavy (non-hydrogen) atoms. The molecule has 3 rings (SSSR count). The molecule has 8 nitrogen and oxygen atoms in total. The molecule has 0 spiro atoms. The van der Waals surface area contributed by atoms with E-state index in [0.717, 1.165) is 0 Å². The van der Waals surface area contributed by atoms with Gasteiger partial charge in [-0.1, -0.05) is 12.1 Å². The summed E-state index contributed by atoms with van der Waals surface area (Å²) in [6.07, 6.45) is 1.12. The van der Waals surface area contributed by atoms with Crippen molar-refractivity contribution in [3.63, 3.8) is 0 Å². The van der Waals surface area contributed by atoms with Gasteiger partial charge in [-0.05, 0) is 56.2 Å². The fraction of sp³-hybridized carbons (Fsp3) is 0.364. The largest absolute Gasteiger partial charge is 0.497 e. The fourth-order valence-electron chi connectivity index (χ4n) is 3.49. The maximum absolute atomic E-state index is 13.0. The first-order valence-electron chi connectivity index (χ1n) is 10.1. The molecular formula is C22H26N2O6S. The van der Waals surface area contributed by atoms with Crippen LogP contribution < -0.4 is 10.1 Å². The molecule has 1 aliphatic rings. The maximum Gasteiger partial charge on any atom is 0.340 e. The van der Waals surface area contributed by atoms with Crippen LogP contribution in [0.4, 0.5) is 5.69 Å². The minimum absolute atomic E-state index is 0.0712. The normalized spacial score (nSPS) is 17.0. The van der Waals surface area contributed by atoms with E-state index < -0.39 is 21.9 Å². The monoisotopic (exact) mass is 446 g/mol. The highest BCUT2D eigenvalue weighted by Gasteiger charge is 2.33. The van der Waals surface area contributed by atoms with E-state index in [4.69, 9.17) is 9.47 Å². The number of amides is 1. The molecule has 1 aliphatic heterocycles. The SMILES string of the molecule is CCOC(=O)c1ccccc1NC(=O)[C@H]1CCCN(S(=O)(=O)c2ccc(OC)cc2)C1. The molecule has 1 atom stereocenters. The molecule has 1 N–H and O–H groups in total. The molecule has 2 aromatic rings. The van der Waals surface area contributed by atoms with Crippen LogP contribution >= 0.6 is 0 Å². The van der Waals surface area contributed by atoms with Gasteiger partial charge < -0.3 is 14.8 Å². The molecule has 1 heterocycles. The Bertz CT molecular complexity index is 1040. The zero-order valence-corrected chi connectivity index (χ0v) is 18.4. The summed E-state index contributed by atoms with van der Waals surface area (Å²) in [5.74, 6) is -0.815. The Balaban J connectivity index is 1.73. The lowest BCUT2D eigenvalue weighted by molar-refractivity contribution is -0.120. The van der Waals surface area contributed by atoms with Crippen molar-refractivity contribution in [2.75, 3.05) is 32.1 Å². The van der Waals surface area contributed by atoms with Gasteiger partial charge in [-0.2, -0.15) is 4.31 Å². The summed E-state index contributed by atoms with van der Waals surface area (Å²) in [7, 11) is -2.22. The van der Waals surface area contributed by atoms with Gasteiger partial charge in [0.15, 0.2) is 0 Å². The number of carbonyl (C=O) groups excluding carboxylic acids is 2. The van der Waals surface area contributed by atoms with Crippen LogP contribution in [-0.2, 0) is 19.6 Å². The first kappa shape index (κ1) is 22.8. The van der Waals surface area contributed by atoms with Crippen LogP contribution in [0.3, 0.4) is 0 Å². The summed E-state index contributed by atoms with van der Waals surface area (Å²) in [4.78, 5) is 25.2. The third kappa shape index (κ3) is 5.23. The summed E-state index contributed by atoms with van der Waals surface area (Å²) < 4.78 is 37.5. The van der Waals surface area contributed by atoms with E-state index >= 15 is 0 Å². The summed E-state index contributed by atoms with van der Waals surface area (Å²) in [5, 5.41) is 2.77. The van der Waals surface area contributed by atoms with Crippen LogP contribution in [0.15, 0.2) is 53.4 Å². The highest BCUT2D eigenvalue weighted by molar-refractivity contribution is 7.89. The number of nitrogens with zero attached hydrogens (tertiary/aromatic N) is 1. The lowest BCUT2D eigenvalue weighted by Gasteiger charge is -2.31. The number of esters is 1. The fourth-order valence-corrected chi connectivity index (χ4v) is 5.01. The Morgan fingerprint density at radius 3 is 2.52 bits per heavy atom. The summed E-state index contributed by atoms with van der Waals surface area (Å²) in [6, 6.07) is 12.8. The van der Waals surface area contributed by atoms with Crippen molar-refractivity contribution in [1.82, 2.24) is 4.31 Å². The number of piperidine rings is 1. The number of methoxy groups -OCH3 is 1. The topological polar surface area (TPSA) is 102 Å². The lowest BCUT2D eigenvalue weighted by atomic mass is 9.98. The number of rotatable bonds is 7. The number of anilines is 1. The van der Waals surface area contributed by atoms with E-state index in [9.17, 15) is 18.0 Å².